The summed E-state index contributed by atoms with van der Waals surface area (Å²) in [6.07, 6.45) is 1.34. The number of fused-ring (bicyclic) bond motifs is 1. The van der Waals surface area contributed by atoms with Gasteiger partial charge in [0.15, 0.2) is 4.88 Å². The molecule has 0 spiro atoms. The van der Waals surface area contributed by atoms with Crippen LogP contribution in [0.25, 0.3) is 16.0 Å². The number of thiophene rings is 1. The Morgan fingerprint density at radius 1 is 1.24 bits per heavy atom. The number of ether oxygens (including phenoxy) is 2. The Bertz CT molecular complexity index is 1200. The van der Waals surface area contributed by atoms with E-state index in [2.05, 4.69) is 4.98 Å². The van der Waals surface area contributed by atoms with E-state index >= 15 is 0 Å². The van der Waals surface area contributed by atoms with Gasteiger partial charge in [-0.25, -0.2) is 9.78 Å². The zero-order chi connectivity index (χ0) is 20.5. The van der Waals surface area contributed by atoms with Gasteiger partial charge in [0.1, 0.15) is 23.2 Å². The van der Waals surface area contributed by atoms with E-state index < -0.39 is 5.97 Å². The van der Waals surface area contributed by atoms with Crippen molar-refractivity contribution in [2.75, 3.05) is 12.8 Å². The minimum Gasteiger partial charge on any atom is -0.484 e. The highest BCUT2D eigenvalue weighted by Gasteiger charge is 2.22. The molecule has 148 valence electrons. The average Bonchev–Trinajstić information content (AvgIpc) is 3.31. The molecule has 0 aliphatic heterocycles. The maximum atomic E-state index is 12.4. The third-order valence-corrected chi connectivity index (χ3v) is 5.95. The minimum absolute atomic E-state index is 0.353. The van der Waals surface area contributed by atoms with Gasteiger partial charge in [-0.15, -0.1) is 11.3 Å². The summed E-state index contributed by atoms with van der Waals surface area (Å²) >= 11 is 7.56. The molecule has 0 aliphatic carbocycles. The Kier molecular flexibility index (Phi) is 5.17. The van der Waals surface area contributed by atoms with Crippen molar-refractivity contribution in [3.8, 4) is 10.8 Å². The number of benzene rings is 2. The summed E-state index contributed by atoms with van der Waals surface area (Å²) in [6.45, 7) is 1.88. The Morgan fingerprint density at radius 2 is 2.03 bits per heavy atom. The van der Waals surface area contributed by atoms with Crippen LogP contribution in [0, 0.1) is 0 Å². The quantitative estimate of drug-likeness (QED) is 0.347. The fourth-order valence-corrected chi connectivity index (χ4v) is 4.35. The summed E-state index contributed by atoms with van der Waals surface area (Å²) in [5.74, 6) is -0.0298. The molecule has 0 bridgehead atoms. The van der Waals surface area contributed by atoms with Crippen LogP contribution in [0.2, 0.25) is 5.02 Å². The number of imidazole rings is 1. The second kappa shape index (κ2) is 7.77. The van der Waals surface area contributed by atoms with Crippen molar-refractivity contribution in [2.24, 2.45) is 0 Å². The lowest BCUT2D eigenvalue weighted by Gasteiger charge is -2.16. The molecule has 1 atom stereocenters. The summed E-state index contributed by atoms with van der Waals surface area (Å²) in [6, 6.07) is 14.8. The second-order valence-electron chi connectivity index (χ2n) is 6.41. The van der Waals surface area contributed by atoms with E-state index in [1.807, 2.05) is 47.9 Å². The molecule has 0 amide bonds. The number of methoxy groups -OCH3 is 1. The van der Waals surface area contributed by atoms with Crippen molar-refractivity contribution in [1.82, 2.24) is 9.55 Å². The largest absolute Gasteiger partial charge is 0.484 e. The van der Waals surface area contributed by atoms with Crippen molar-refractivity contribution in [3.63, 3.8) is 0 Å². The van der Waals surface area contributed by atoms with Gasteiger partial charge < -0.3 is 15.2 Å². The third kappa shape index (κ3) is 3.66. The molecule has 2 aromatic heterocycles. The first-order valence-electron chi connectivity index (χ1n) is 8.84. The van der Waals surface area contributed by atoms with Crippen molar-refractivity contribution in [3.05, 3.63) is 70.3 Å². The van der Waals surface area contributed by atoms with Crippen LogP contribution in [-0.2, 0) is 4.74 Å². The number of nitrogens with zero attached hydrogens (tertiary/aromatic N) is 2. The lowest BCUT2D eigenvalue weighted by Crippen LogP contribution is -2.07. The topological polar surface area (TPSA) is 79.4 Å². The van der Waals surface area contributed by atoms with Crippen LogP contribution in [0.1, 0.15) is 28.3 Å². The maximum Gasteiger partial charge on any atom is 0.351 e. The molecule has 2 aromatic carbocycles. The first kappa shape index (κ1) is 19.3. The molecular weight excluding hydrogens is 410 g/mol. The highest BCUT2D eigenvalue weighted by Crippen LogP contribution is 2.37. The number of nitrogens with two attached hydrogens (primary N) is 1. The van der Waals surface area contributed by atoms with E-state index in [4.69, 9.17) is 26.8 Å². The summed E-state index contributed by atoms with van der Waals surface area (Å²) < 4.78 is 13.0. The molecule has 29 heavy (non-hydrogen) atoms. The third-order valence-electron chi connectivity index (χ3n) is 4.51. The molecule has 0 aliphatic rings. The molecule has 4 aromatic rings. The molecule has 4 rings (SSSR count). The summed E-state index contributed by atoms with van der Waals surface area (Å²) in [4.78, 5) is 17.1. The number of halogens is 1. The van der Waals surface area contributed by atoms with Crippen molar-refractivity contribution < 1.29 is 14.3 Å². The van der Waals surface area contributed by atoms with Crippen LogP contribution in [0.4, 0.5) is 5.69 Å². The summed E-state index contributed by atoms with van der Waals surface area (Å²) in [7, 11) is 1.35. The molecule has 0 radical (unpaired) electrons. The van der Waals surface area contributed by atoms with Crippen LogP contribution in [0.5, 0.6) is 5.75 Å². The molecule has 2 N–H and O–H groups in total. The van der Waals surface area contributed by atoms with Crippen molar-refractivity contribution in [2.45, 2.75) is 13.0 Å². The van der Waals surface area contributed by atoms with Crippen LogP contribution in [-0.4, -0.2) is 22.6 Å². The highest BCUT2D eigenvalue weighted by molar-refractivity contribution is 7.16. The number of carbonyl (C=O) groups is 1. The van der Waals surface area contributed by atoms with Gasteiger partial charge in [-0.2, -0.15) is 0 Å². The number of rotatable bonds is 5. The number of nitrogen functional groups attached to an aromatic ring is 1. The van der Waals surface area contributed by atoms with E-state index in [1.165, 1.54) is 18.4 Å². The van der Waals surface area contributed by atoms with E-state index in [-0.39, 0.29) is 6.10 Å². The Morgan fingerprint density at radius 3 is 2.79 bits per heavy atom. The van der Waals surface area contributed by atoms with E-state index in [0.717, 1.165) is 21.6 Å². The smallest absolute Gasteiger partial charge is 0.351 e. The van der Waals surface area contributed by atoms with Crippen LogP contribution in [0.3, 0.4) is 0 Å². The number of esters is 1. The maximum absolute atomic E-state index is 12.4. The first-order valence-corrected chi connectivity index (χ1v) is 10.0. The predicted octanol–water partition coefficient (Wildman–Crippen LogP) is 5.25. The summed E-state index contributed by atoms with van der Waals surface area (Å²) in [5, 5.41) is 1.38. The van der Waals surface area contributed by atoms with Gasteiger partial charge >= 0.3 is 5.97 Å². The normalized spacial score (nSPS) is 12.1. The molecule has 6 nitrogen and oxygen atoms in total. The van der Waals surface area contributed by atoms with Crippen molar-refractivity contribution >= 4 is 45.6 Å². The molecule has 8 heteroatoms. The Balaban J connectivity index is 1.75. The van der Waals surface area contributed by atoms with E-state index in [1.54, 1.807) is 18.5 Å². The number of aromatic nitrogens is 2. The molecule has 0 fully saturated rings. The van der Waals surface area contributed by atoms with Gasteiger partial charge in [0.2, 0.25) is 0 Å². The minimum atomic E-state index is -0.462. The Labute approximate surface area is 176 Å². The van der Waals surface area contributed by atoms with Crippen LogP contribution in [0.15, 0.2) is 54.9 Å². The number of carbonyl (C=O) groups excluding carboxylic acids is 1. The summed E-state index contributed by atoms with van der Waals surface area (Å²) in [5.41, 5.74) is 8.96. The van der Waals surface area contributed by atoms with E-state index in [9.17, 15) is 4.79 Å². The van der Waals surface area contributed by atoms with Gasteiger partial charge in [-0.3, -0.25) is 4.57 Å². The van der Waals surface area contributed by atoms with Gasteiger partial charge in [0.25, 0.3) is 0 Å². The van der Waals surface area contributed by atoms with Crippen molar-refractivity contribution in [1.29, 1.82) is 0 Å². The monoisotopic (exact) mass is 427 g/mol. The highest BCUT2D eigenvalue weighted by atomic mass is 35.5. The molecular formula is C21H18ClN3O3S. The van der Waals surface area contributed by atoms with E-state index in [0.29, 0.717) is 21.3 Å². The Hall–Kier alpha value is -3.03. The zero-order valence-corrected chi connectivity index (χ0v) is 17.3. The number of hydrogen-bond acceptors (Lipinski definition) is 6. The fourth-order valence-electron chi connectivity index (χ4n) is 3.07. The first-order chi connectivity index (χ1) is 14.0. The predicted molar refractivity (Wildman–Crippen MR) is 115 cm³/mol. The molecule has 0 saturated heterocycles. The fraction of sp³-hybridized carbons (Fsp3) is 0.143. The van der Waals surface area contributed by atoms with Gasteiger partial charge in [-0.1, -0.05) is 29.8 Å². The van der Waals surface area contributed by atoms with Gasteiger partial charge in [-0.05, 0) is 31.2 Å². The SMILES string of the molecule is COC(=O)c1sc(-n2cnc3cc(N)ccc32)cc1O[C@H](C)c1ccccc1Cl. The molecule has 0 unspecified atom stereocenters. The lowest BCUT2D eigenvalue weighted by atomic mass is 10.1. The average molecular weight is 428 g/mol. The van der Waals surface area contributed by atoms with Gasteiger partial charge in [0, 0.05) is 22.3 Å². The van der Waals surface area contributed by atoms with Crippen LogP contribution >= 0.6 is 22.9 Å². The van der Waals surface area contributed by atoms with Gasteiger partial charge in [0.05, 0.1) is 18.1 Å². The molecule has 0 saturated carbocycles. The number of anilines is 1. The number of hydrogen-bond donors (Lipinski definition) is 1. The van der Waals surface area contributed by atoms with Crippen LogP contribution < -0.4 is 10.5 Å². The zero-order valence-electron chi connectivity index (χ0n) is 15.8. The second-order valence-corrected chi connectivity index (χ2v) is 7.85. The molecule has 2 heterocycles. The lowest BCUT2D eigenvalue weighted by molar-refractivity contribution is 0.0600. The standard InChI is InChI=1S/C21H18ClN3O3S/c1-12(14-5-3-4-6-15(14)22)28-18-10-19(29-20(18)21(26)27-2)25-11-24-16-9-13(23)7-8-17(16)25/h3-12H,23H2,1-2H3/t12-/m1/s1.